The summed E-state index contributed by atoms with van der Waals surface area (Å²) in [6.45, 7) is 8.67. The van der Waals surface area contributed by atoms with Crippen LogP contribution in [0.5, 0.6) is 0 Å². The summed E-state index contributed by atoms with van der Waals surface area (Å²) in [5.41, 5.74) is -1.41. The van der Waals surface area contributed by atoms with Crippen LogP contribution in [0, 0.1) is 34.5 Å². The highest BCUT2D eigenvalue weighted by molar-refractivity contribution is 5.94. The maximum atomic E-state index is 13.8. The molecule has 2 aliphatic heterocycles. The smallest absolute Gasteiger partial charge is 0.351 e. The van der Waals surface area contributed by atoms with Gasteiger partial charge in [-0.1, -0.05) is 46.5 Å². The minimum atomic E-state index is -5.17. The number of nitrogens with one attached hydrogen (secondary N) is 3. The van der Waals surface area contributed by atoms with Gasteiger partial charge in [0.05, 0.1) is 6.07 Å². The van der Waals surface area contributed by atoms with E-state index in [4.69, 9.17) is 0 Å². The molecule has 0 aromatic heterocycles. The number of hydrogen-bond acceptors (Lipinski definition) is 5. The first-order valence-electron chi connectivity index (χ1n) is 14.1. The third-order valence-corrected chi connectivity index (χ3v) is 8.57. The van der Waals surface area contributed by atoms with E-state index in [-0.39, 0.29) is 36.2 Å². The number of carbonyl (C=O) groups excluding carboxylic acids is 4. The zero-order valence-corrected chi connectivity index (χ0v) is 24.0. The van der Waals surface area contributed by atoms with Crippen LogP contribution in [0.15, 0.2) is 0 Å². The molecule has 3 rings (SSSR count). The minimum absolute atomic E-state index is 0.0203. The van der Waals surface area contributed by atoms with E-state index in [9.17, 15) is 37.6 Å². The molecular formula is C28H42F3N5O4. The number of piperidine rings is 1. The van der Waals surface area contributed by atoms with Crippen LogP contribution in [0.25, 0.3) is 0 Å². The van der Waals surface area contributed by atoms with Gasteiger partial charge in [0, 0.05) is 18.0 Å². The van der Waals surface area contributed by atoms with Gasteiger partial charge in [-0.15, -0.1) is 0 Å². The highest BCUT2D eigenvalue weighted by Crippen LogP contribution is 2.39. The lowest BCUT2D eigenvalue weighted by atomic mass is 9.83. The van der Waals surface area contributed by atoms with E-state index >= 15 is 0 Å². The Bertz CT molecular complexity index is 1030. The van der Waals surface area contributed by atoms with Crippen LogP contribution in [0.1, 0.15) is 86.0 Å². The zero-order valence-electron chi connectivity index (χ0n) is 24.0. The van der Waals surface area contributed by atoms with Crippen LogP contribution >= 0.6 is 0 Å². The molecule has 1 unspecified atom stereocenters. The number of halogens is 3. The van der Waals surface area contributed by atoms with Crippen LogP contribution in [-0.4, -0.2) is 64.9 Å². The van der Waals surface area contributed by atoms with Crippen molar-refractivity contribution in [1.82, 2.24) is 20.9 Å². The summed E-state index contributed by atoms with van der Waals surface area (Å²) in [6.07, 6.45) is 0.525. The van der Waals surface area contributed by atoms with Gasteiger partial charge >= 0.3 is 12.1 Å². The Balaban J connectivity index is 1.80. The largest absolute Gasteiger partial charge is 0.471 e. The summed E-state index contributed by atoms with van der Waals surface area (Å²) in [4.78, 5) is 53.0. The number of hydrogen-bond donors (Lipinski definition) is 3. The monoisotopic (exact) mass is 569 g/mol. The molecule has 0 spiro atoms. The SMILES string of the molecule is CC1(C)CC[C@@H](C[C@@H](C#N)NC(=O)C2C[C@@H](C3CCCC3)CN2C(=O)[C@@H](NC(=O)C(F)(F)F)C(C)(C)C)C(=O)N1. The fourth-order valence-electron chi connectivity index (χ4n) is 6.24. The number of likely N-dealkylation sites (tertiary alicyclic amines) is 1. The summed E-state index contributed by atoms with van der Waals surface area (Å²) < 4.78 is 39.3. The zero-order chi connectivity index (χ0) is 30.0. The minimum Gasteiger partial charge on any atom is -0.351 e. The average molecular weight is 570 g/mol. The highest BCUT2D eigenvalue weighted by Gasteiger charge is 2.49. The van der Waals surface area contributed by atoms with Gasteiger partial charge in [0.2, 0.25) is 17.7 Å². The lowest BCUT2D eigenvalue weighted by molar-refractivity contribution is -0.176. The number of nitriles is 1. The topological polar surface area (TPSA) is 131 Å². The number of amides is 4. The fraction of sp³-hybridized carbons (Fsp3) is 0.821. The Labute approximate surface area is 234 Å². The van der Waals surface area contributed by atoms with Crippen LogP contribution in [0.3, 0.4) is 0 Å². The van der Waals surface area contributed by atoms with E-state index in [0.717, 1.165) is 32.1 Å². The van der Waals surface area contributed by atoms with Gasteiger partial charge in [-0.2, -0.15) is 18.4 Å². The lowest BCUT2D eigenvalue weighted by Crippen LogP contribution is -2.59. The van der Waals surface area contributed by atoms with Gasteiger partial charge < -0.3 is 20.9 Å². The standard InChI is InChI=1S/C28H42F3N5O4/c1-26(2,3)21(34-25(40)28(29,30)31)24(39)36-15-18(16-8-6-7-9-16)13-20(36)23(38)33-19(14-32)12-17-10-11-27(4,5)35-22(17)37/h16-21H,6-13,15H2,1-5H3,(H,33,38)(H,34,40)(H,35,37)/t17-,18+,19-,20?,21+/m0/s1. The Morgan fingerprint density at radius 3 is 2.25 bits per heavy atom. The Hall–Kier alpha value is -2.84. The molecule has 3 aliphatic rings. The molecular weight excluding hydrogens is 527 g/mol. The van der Waals surface area contributed by atoms with Crippen molar-refractivity contribution in [1.29, 1.82) is 5.26 Å². The second-order valence-electron chi connectivity index (χ2n) is 13.4. The second-order valence-corrected chi connectivity index (χ2v) is 13.4. The van der Waals surface area contributed by atoms with Gasteiger partial charge in [0.15, 0.2) is 0 Å². The van der Waals surface area contributed by atoms with Crippen molar-refractivity contribution in [2.24, 2.45) is 23.2 Å². The van der Waals surface area contributed by atoms with Gasteiger partial charge in [-0.3, -0.25) is 19.2 Å². The molecule has 3 fully saturated rings. The molecule has 4 amide bonds. The first kappa shape index (κ1) is 31.7. The third kappa shape index (κ3) is 7.67. The van der Waals surface area contributed by atoms with Crippen molar-refractivity contribution in [3.05, 3.63) is 0 Å². The predicted octanol–water partition coefficient (Wildman–Crippen LogP) is 3.19. The molecule has 0 aromatic carbocycles. The van der Waals surface area contributed by atoms with E-state index in [1.165, 1.54) is 4.90 Å². The van der Waals surface area contributed by atoms with Gasteiger partial charge in [0.25, 0.3) is 0 Å². The molecule has 3 N–H and O–H groups in total. The molecule has 224 valence electrons. The van der Waals surface area contributed by atoms with Crippen LogP contribution in [-0.2, 0) is 19.2 Å². The van der Waals surface area contributed by atoms with E-state index in [1.54, 1.807) is 20.8 Å². The Morgan fingerprint density at radius 2 is 1.73 bits per heavy atom. The van der Waals surface area contributed by atoms with Gasteiger partial charge in [0.1, 0.15) is 18.1 Å². The molecule has 1 aliphatic carbocycles. The van der Waals surface area contributed by atoms with Gasteiger partial charge in [-0.05, 0) is 56.8 Å². The second kappa shape index (κ2) is 12.0. The Morgan fingerprint density at radius 1 is 1.10 bits per heavy atom. The number of carbonyl (C=O) groups is 4. The molecule has 0 aromatic rings. The van der Waals surface area contributed by atoms with Crippen molar-refractivity contribution in [3.63, 3.8) is 0 Å². The van der Waals surface area contributed by atoms with E-state index in [0.29, 0.717) is 12.8 Å². The van der Waals surface area contributed by atoms with Crippen LogP contribution in [0.4, 0.5) is 13.2 Å². The summed E-state index contributed by atoms with van der Waals surface area (Å²) in [7, 11) is 0. The lowest BCUT2D eigenvalue weighted by Gasteiger charge is -2.36. The summed E-state index contributed by atoms with van der Waals surface area (Å²) in [5.74, 6) is -3.92. The highest BCUT2D eigenvalue weighted by atomic mass is 19.4. The number of nitrogens with zero attached hydrogens (tertiary/aromatic N) is 2. The third-order valence-electron chi connectivity index (χ3n) is 8.57. The van der Waals surface area contributed by atoms with E-state index in [2.05, 4.69) is 10.6 Å². The summed E-state index contributed by atoms with van der Waals surface area (Å²) >= 11 is 0. The fourth-order valence-corrected chi connectivity index (χ4v) is 6.24. The first-order chi connectivity index (χ1) is 18.4. The maximum absolute atomic E-state index is 13.8. The molecule has 2 heterocycles. The van der Waals surface area contributed by atoms with Crippen molar-refractivity contribution >= 4 is 23.6 Å². The van der Waals surface area contributed by atoms with Crippen LogP contribution < -0.4 is 16.0 Å². The molecule has 5 atom stereocenters. The molecule has 1 saturated carbocycles. The quantitative estimate of drug-likeness (QED) is 0.434. The normalized spacial score (nSPS) is 26.9. The first-order valence-corrected chi connectivity index (χ1v) is 14.1. The van der Waals surface area contributed by atoms with Crippen molar-refractivity contribution in [2.45, 2.75) is 116 Å². The van der Waals surface area contributed by atoms with Crippen molar-refractivity contribution in [3.8, 4) is 6.07 Å². The van der Waals surface area contributed by atoms with Gasteiger partial charge in [-0.25, -0.2) is 0 Å². The molecule has 2 saturated heterocycles. The molecule has 12 heteroatoms. The summed E-state index contributed by atoms with van der Waals surface area (Å²) in [5, 5.41) is 17.2. The predicted molar refractivity (Wildman–Crippen MR) is 140 cm³/mol. The number of alkyl halides is 3. The van der Waals surface area contributed by atoms with E-state index in [1.807, 2.05) is 25.2 Å². The molecule has 40 heavy (non-hydrogen) atoms. The average Bonchev–Trinajstić information content (AvgIpc) is 3.51. The van der Waals surface area contributed by atoms with Crippen molar-refractivity contribution in [2.75, 3.05) is 6.54 Å². The number of rotatable bonds is 7. The molecule has 0 radical (unpaired) electrons. The molecule has 9 nitrogen and oxygen atoms in total. The molecule has 0 bridgehead atoms. The Kier molecular flexibility index (Phi) is 9.47. The summed E-state index contributed by atoms with van der Waals surface area (Å²) in [6, 6.07) is -1.44. The van der Waals surface area contributed by atoms with Crippen LogP contribution in [0.2, 0.25) is 0 Å². The maximum Gasteiger partial charge on any atom is 0.471 e. The van der Waals surface area contributed by atoms with Crippen molar-refractivity contribution < 1.29 is 32.3 Å². The van der Waals surface area contributed by atoms with E-state index < -0.39 is 53.4 Å².